The molecule has 3 heterocycles. The van der Waals surface area contributed by atoms with Crippen molar-refractivity contribution in [2.24, 2.45) is 5.92 Å². The van der Waals surface area contributed by atoms with E-state index in [2.05, 4.69) is 9.97 Å². The first kappa shape index (κ1) is 18.6. The van der Waals surface area contributed by atoms with Gasteiger partial charge in [0.15, 0.2) is 0 Å². The summed E-state index contributed by atoms with van der Waals surface area (Å²) in [5.41, 5.74) is 0.878. The summed E-state index contributed by atoms with van der Waals surface area (Å²) < 4.78 is 25.1. The lowest BCUT2D eigenvalue weighted by atomic mass is 9.83. The van der Waals surface area contributed by atoms with Crippen LogP contribution in [0.3, 0.4) is 0 Å². The molecule has 1 aromatic heterocycles. The smallest absolute Gasteiger partial charge is 0.254 e. The maximum absolute atomic E-state index is 12.8. The largest absolute Gasteiger partial charge is 0.332 e. The van der Waals surface area contributed by atoms with E-state index in [-0.39, 0.29) is 30.0 Å². The summed E-state index contributed by atoms with van der Waals surface area (Å²) in [6, 6.07) is -0.224. The number of rotatable bonds is 3. The van der Waals surface area contributed by atoms with Crippen LogP contribution < -0.4 is 5.56 Å². The lowest BCUT2D eigenvalue weighted by Crippen LogP contribution is -2.45. The SMILES string of the molecule is CS(=O)(=O)N1CCc2c(nc([C@@H]3CCCCN3C(=O)C3CCC3)[nH]c2=O)C1. The molecule has 2 aliphatic heterocycles. The van der Waals surface area contributed by atoms with Crippen molar-refractivity contribution in [3.63, 3.8) is 0 Å². The van der Waals surface area contributed by atoms with Crippen LogP contribution in [0.25, 0.3) is 0 Å². The summed E-state index contributed by atoms with van der Waals surface area (Å²) in [5, 5.41) is 0. The van der Waals surface area contributed by atoms with Crippen molar-refractivity contribution < 1.29 is 13.2 Å². The van der Waals surface area contributed by atoms with Crippen LogP contribution in [0.4, 0.5) is 0 Å². The Balaban J connectivity index is 1.66. The molecule has 1 atom stereocenters. The molecule has 9 heteroatoms. The van der Waals surface area contributed by atoms with Crippen LogP contribution in [0.1, 0.15) is 61.6 Å². The number of H-pyrrole nitrogens is 1. The first-order chi connectivity index (χ1) is 12.8. The normalized spacial score (nSPS) is 24.3. The highest BCUT2D eigenvalue weighted by Crippen LogP contribution is 2.35. The van der Waals surface area contributed by atoms with Crippen LogP contribution >= 0.6 is 0 Å². The summed E-state index contributed by atoms with van der Waals surface area (Å²) in [6.07, 6.45) is 7.24. The van der Waals surface area contributed by atoms with Gasteiger partial charge in [0, 0.05) is 24.6 Å². The number of sulfonamides is 1. The van der Waals surface area contributed by atoms with Crippen molar-refractivity contribution in [1.29, 1.82) is 0 Å². The van der Waals surface area contributed by atoms with Gasteiger partial charge in [-0.25, -0.2) is 13.4 Å². The third-order valence-electron chi connectivity index (χ3n) is 6.08. The lowest BCUT2D eigenvalue weighted by Gasteiger charge is -2.39. The number of hydrogen-bond acceptors (Lipinski definition) is 5. The van der Waals surface area contributed by atoms with Crippen molar-refractivity contribution in [2.75, 3.05) is 19.3 Å². The van der Waals surface area contributed by atoms with Gasteiger partial charge in [0.1, 0.15) is 5.82 Å². The van der Waals surface area contributed by atoms with Gasteiger partial charge in [0.25, 0.3) is 5.56 Å². The summed E-state index contributed by atoms with van der Waals surface area (Å²) in [6.45, 7) is 1.11. The molecule has 0 bridgehead atoms. The van der Waals surface area contributed by atoms with E-state index >= 15 is 0 Å². The zero-order valence-corrected chi connectivity index (χ0v) is 16.4. The van der Waals surface area contributed by atoms with Crippen molar-refractivity contribution in [2.45, 2.75) is 57.5 Å². The number of carbonyl (C=O) groups excluding carboxylic acids is 1. The van der Waals surface area contributed by atoms with Crippen LogP contribution in [0.15, 0.2) is 4.79 Å². The van der Waals surface area contributed by atoms with Crippen LogP contribution in [0.5, 0.6) is 0 Å². The van der Waals surface area contributed by atoms with Gasteiger partial charge in [-0.15, -0.1) is 0 Å². The molecule has 8 nitrogen and oxygen atoms in total. The highest BCUT2D eigenvalue weighted by atomic mass is 32.2. The molecule has 0 spiro atoms. The number of amides is 1. The molecule has 1 amide bonds. The third kappa shape index (κ3) is 3.54. The molecule has 148 valence electrons. The van der Waals surface area contributed by atoms with Crippen molar-refractivity contribution in [3.05, 3.63) is 27.4 Å². The van der Waals surface area contributed by atoms with Gasteiger partial charge in [-0.05, 0) is 38.5 Å². The number of aromatic amines is 1. The second-order valence-electron chi connectivity index (χ2n) is 7.89. The molecule has 1 aromatic rings. The Morgan fingerprint density at radius 2 is 1.93 bits per heavy atom. The van der Waals surface area contributed by atoms with Crippen molar-refractivity contribution in [3.8, 4) is 0 Å². The molecule has 0 unspecified atom stereocenters. The Labute approximate surface area is 159 Å². The predicted octanol–water partition coefficient (Wildman–Crippen LogP) is 0.941. The Morgan fingerprint density at radius 1 is 1.15 bits per heavy atom. The second kappa shape index (κ2) is 7.01. The zero-order chi connectivity index (χ0) is 19.2. The van der Waals surface area contributed by atoms with Crippen molar-refractivity contribution in [1.82, 2.24) is 19.2 Å². The first-order valence-corrected chi connectivity index (χ1v) is 11.6. The quantitative estimate of drug-likeness (QED) is 0.822. The molecule has 27 heavy (non-hydrogen) atoms. The highest BCUT2D eigenvalue weighted by molar-refractivity contribution is 7.88. The Hall–Kier alpha value is -1.74. The van der Waals surface area contributed by atoms with Gasteiger partial charge in [-0.3, -0.25) is 9.59 Å². The van der Waals surface area contributed by atoms with E-state index in [0.717, 1.165) is 38.5 Å². The van der Waals surface area contributed by atoms with E-state index in [4.69, 9.17) is 0 Å². The number of likely N-dealkylation sites (tertiary alicyclic amines) is 1. The monoisotopic (exact) mass is 394 g/mol. The summed E-state index contributed by atoms with van der Waals surface area (Å²) in [5.74, 6) is 0.779. The average Bonchev–Trinajstić information content (AvgIpc) is 2.59. The average molecular weight is 394 g/mol. The van der Waals surface area contributed by atoms with E-state index < -0.39 is 10.0 Å². The molecule has 1 saturated carbocycles. The third-order valence-corrected chi connectivity index (χ3v) is 7.33. The maximum Gasteiger partial charge on any atom is 0.254 e. The second-order valence-corrected chi connectivity index (χ2v) is 9.88. The van der Waals surface area contributed by atoms with Gasteiger partial charge in [-0.1, -0.05) is 6.42 Å². The van der Waals surface area contributed by atoms with E-state index in [1.807, 2.05) is 4.90 Å². The Morgan fingerprint density at radius 3 is 2.59 bits per heavy atom. The summed E-state index contributed by atoms with van der Waals surface area (Å²) in [4.78, 5) is 34.9. The zero-order valence-electron chi connectivity index (χ0n) is 15.6. The molecule has 3 aliphatic rings. The van der Waals surface area contributed by atoms with E-state index in [0.29, 0.717) is 36.6 Å². The number of nitrogens with zero attached hydrogens (tertiary/aromatic N) is 3. The fraction of sp³-hybridized carbons (Fsp3) is 0.722. The van der Waals surface area contributed by atoms with E-state index in [1.54, 1.807) is 0 Å². The Bertz CT molecular complexity index is 906. The number of aromatic nitrogens is 2. The molecule has 2 fully saturated rings. The van der Waals surface area contributed by atoms with Gasteiger partial charge in [0.2, 0.25) is 15.9 Å². The fourth-order valence-corrected chi connectivity index (χ4v) is 5.02. The molecule has 4 rings (SSSR count). The minimum absolute atomic E-state index is 0.107. The van der Waals surface area contributed by atoms with E-state index in [1.165, 1.54) is 10.6 Å². The van der Waals surface area contributed by atoms with Gasteiger partial charge in [-0.2, -0.15) is 4.31 Å². The van der Waals surface area contributed by atoms with Crippen LogP contribution in [-0.4, -0.2) is 52.8 Å². The van der Waals surface area contributed by atoms with Gasteiger partial charge < -0.3 is 9.88 Å². The molecular weight excluding hydrogens is 368 g/mol. The summed E-state index contributed by atoms with van der Waals surface area (Å²) in [7, 11) is -3.33. The lowest BCUT2D eigenvalue weighted by molar-refractivity contribution is -0.142. The van der Waals surface area contributed by atoms with E-state index in [9.17, 15) is 18.0 Å². The number of piperidine rings is 1. The van der Waals surface area contributed by atoms with Gasteiger partial charge >= 0.3 is 0 Å². The molecule has 1 aliphatic carbocycles. The fourth-order valence-electron chi connectivity index (χ4n) is 4.25. The molecule has 1 N–H and O–H groups in total. The molecular formula is C18H26N4O4S. The number of fused-ring (bicyclic) bond motifs is 1. The van der Waals surface area contributed by atoms with Crippen molar-refractivity contribution >= 4 is 15.9 Å². The number of hydrogen-bond donors (Lipinski definition) is 1. The summed E-state index contributed by atoms with van der Waals surface area (Å²) >= 11 is 0. The minimum Gasteiger partial charge on any atom is -0.332 e. The Kier molecular flexibility index (Phi) is 4.84. The van der Waals surface area contributed by atoms with Gasteiger partial charge in [0.05, 0.1) is 24.5 Å². The molecule has 1 saturated heterocycles. The number of carbonyl (C=O) groups is 1. The maximum atomic E-state index is 12.8. The predicted molar refractivity (Wildman–Crippen MR) is 99.5 cm³/mol. The van der Waals surface area contributed by atoms with Crippen LogP contribution in [0.2, 0.25) is 0 Å². The van der Waals surface area contributed by atoms with Crippen LogP contribution in [-0.2, 0) is 27.8 Å². The van der Waals surface area contributed by atoms with Crippen LogP contribution in [0, 0.1) is 5.92 Å². The molecule has 0 aromatic carbocycles. The molecule has 0 radical (unpaired) electrons. The number of nitrogens with one attached hydrogen (secondary N) is 1. The minimum atomic E-state index is -3.33. The highest BCUT2D eigenvalue weighted by Gasteiger charge is 2.36. The standard InChI is InChI=1S/C18H26N4O4S/c1-27(25,26)21-10-8-13-14(11-21)19-16(20-17(13)23)15-7-2-3-9-22(15)18(24)12-5-4-6-12/h12,15H,2-11H2,1H3,(H,19,20,23)/t15-/m0/s1. The first-order valence-electron chi connectivity index (χ1n) is 9.72. The topological polar surface area (TPSA) is 103 Å².